The third kappa shape index (κ3) is 4.10. The van der Waals surface area contributed by atoms with E-state index in [1.165, 1.54) is 10.9 Å². The van der Waals surface area contributed by atoms with Crippen LogP contribution in [-0.4, -0.2) is 46.8 Å². The van der Waals surface area contributed by atoms with Gasteiger partial charge in [-0.2, -0.15) is 23.5 Å². The molecule has 0 aliphatic carbocycles. The topological polar surface area (TPSA) is 97.4 Å². The number of alkyl halides is 3. The van der Waals surface area contributed by atoms with Crippen molar-refractivity contribution >= 4 is 5.97 Å². The minimum atomic E-state index is -4.81. The van der Waals surface area contributed by atoms with Gasteiger partial charge in [0.05, 0.1) is 43.1 Å². The number of benzene rings is 1. The summed E-state index contributed by atoms with van der Waals surface area (Å²) in [4.78, 5) is 11.0. The Morgan fingerprint density at radius 2 is 2.19 bits per heavy atom. The van der Waals surface area contributed by atoms with Gasteiger partial charge in [0.25, 0.3) is 0 Å². The number of aromatic nitrogens is 2. The molecule has 0 saturated carbocycles. The summed E-state index contributed by atoms with van der Waals surface area (Å²) in [6, 6.07) is 4.43. The fourth-order valence-electron chi connectivity index (χ4n) is 2.76. The van der Waals surface area contributed by atoms with Crippen LogP contribution in [-0.2, 0) is 22.2 Å². The first-order chi connectivity index (χ1) is 12.8. The first-order valence-electron chi connectivity index (χ1n) is 7.91. The van der Waals surface area contributed by atoms with Gasteiger partial charge in [0.1, 0.15) is 17.9 Å². The Morgan fingerprint density at radius 1 is 1.41 bits per heavy atom. The fourth-order valence-corrected chi connectivity index (χ4v) is 2.76. The second-order valence-corrected chi connectivity index (χ2v) is 5.86. The molecule has 3 rings (SSSR count). The minimum absolute atomic E-state index is 0.0553. The van der Waals surface area contributed by atoms with Crippen LogP contribution >= 0.6 is 0 Å². The van der Waals surface area contributed by atoms with Gasteiger partial charge in [0, 0.05) is 11.8 Å². The van der Waals surface area contributed by atoms with E-state index in [0.717, 1.165) is 12.1 Å². The molecule has 142 valence electrons. The van der Waals surface area contributed by atoms with E-state index in [1.54, 1.807) is 0 Å². The number of hydrogen-bond donors (Lipinski definition) is 1. The van der Waals surface area contributed by atoms with Crippen LogP contribution in [0.2, 0.25) is 0 Å². The molecule has 0 spiro atoms. The highest BCUT2D eigenvalue weighted by molar-refractivity contribution is 5.89. The lowest BCUT2D eigenvalue weighted by atomic mass is 9.99. The molecule has 1 fully saturated rings. The first-order valence-corrected chi connectivity index (χ1v) is 7.91. The quantitative estimate of drug-likeness (QED) is 0.874. The van der Waals surface area contributed by atoms with Crippen LogP contribution in [0.1, 0.15) is 21.5 Å². The van der Waals surface area contributed by atoms with Gasteiger partial charge in [-0.05, 0) is 12.1 Å². The van der Waals surface area contributed by atoms with Crippen molar-refractivity contribution in [3.8, 4) is 17.3 Å². The Balaban J connectivity index is 2.02. The zero-order chi connectivity index (χ0) is 19.6. The van der Waals surface area contributed by atoms with Crippen LogP contribution in [0.3, 0.4) is 0 Å². The summed E-state index contributed by atoms with van der Waals surface area (Å²) in [5, 5.41) is 22.4. The van der Waals surface area contributed by atoms with Gasteiger partial charge in [-0.3, -0.25) is 4.68 Å². The summed E-state index contributed by atoms with van der Waals surface area (Å²) < 4.78 is 52.4. The third-order valence-electron chi connectivity index (χ3n) is 3.98. The number of hydrogen-bond acceptors (Lipinski definition) is 5. The second-order valence-electron chi connectivity index (χ2n) is 5.86. The highest BCUT2D eigenvalue weighted by Gasteiger charge is 2.36. The fraction of sp³-hybridized carbons (Fsp3) is 0.353. The number of carbonyl (C=O) groups is 1. The molecule has 1 aliphatic heterocycles. The van der Waals surface area contributed by atoms with E-state index < -0.39 is 23.3 Å². The molecule has 0 unspecified atom stereocenters. The largest absolute Gasteiger partial charge is 0.478 e. The van der Waals surface area contributed by atoms with Crippen LogP contribution in [0.25, 0.3) is 11.3 Å². The zero-order valence-corrected chi connectivity index (χ0v) is 13.9. The number of carboxylic acids is 1. The number of ether oxygens (including phenoxy) is 2. The number of nitrogens with zero attached hydrogens (tertiary/aromatic N) is 3. The molecule has 1 saturated heterocycles. The highest BCUT2D eigenvalue weighted by atomic mass is 19.4. The Bertz CT molecular complexity index is 896. The molecule has 27 heavy (non-hydrogen) atoms. The van der Waals surface area contributed by atoms with Crippen molar-refractivity contribution in [2.24, 2.45) is 0 Å². The van der Waals surface area contributed by atoms with Crippen molar-refractivity contribution in [3.05, 3.63) is 41.1 Å². The van der Waals surface area contributed by atoms with Crippen LogP contribution in [0.5, 0.6) is 0 Å². The van der Waals surface area contributed by atoms with Crippen molar-refractivity contribution in [1.29, 1.82) is 5.26 Å². The molecular formula is C17H14F3N3O4. The zero-order valence-electron chi connectivity index (χ0n) is 13.9. The van der Waals surface area contributed by atoms with E-state index >= 15 is 0 Å². The standard InChI is InChI=1S/C17H14F3N3O4/c18-17(19,20)14-5-10(16(24)25)1-2-13(14)15-11(6-21)7-23(22-15)8-12-9-26-3-4-27-12/h1-2,5,7,12H,3-4,8-9H2,(H,24,25)/t12-/m0/s1. The third-order valence-corrected chi connectivity index (χ3v) is 3.98. The summed E-state index contributed by atoms with van der Waals surface area (Å²) in [5.41, 5.74) is -2.25. The van der Waals surface area contributed by atoms with Gasteiger partial charge >= 0.3 is 12.1 Å². The minimum Gasteiger partial charge on any atom is -0.478 e. The lowest BCUT2D eigenvalue weighted by molar-refractivity contribution is -0.137. The molecule has 1 atom stereocenters. The SMILES string of the molecule is N#Cc1cn(C[C@H]2COCCO2)nc1-c1ccc(C(=O)O)cc1C(F)(F)F. The molecule has 10 heteroatoms. The van der Waals surface area contributed by atoms with Crippen LogP contribution in [0.4, 0.5) is 13.2 Å². The monoisotopic (exact) mass is 381 g/mol. The molecule has 1 aromatic heterocycles. The molecule has 0 amide bonds. The van der Waals surface area contributed by atoms with Gasteiger partial charge in [-0.15, -0.1) is 0 Å². The van der Waals surface area contributed by atoms with Crippen molar-refractivity contribution in [2.75, 3.05) is 19.8 Å². The van der Waals surface area contributed by atoms with Gasteiger partial charge < -0.3 is 14.6 Å². The summed E-state index contributed by atoms with van der Waals surface area (Å²) in [6.07, 6.45) is -3.80. The van der Waals surface area contributed by atoms with E-state index in [9.17, 15) is 23.2 Å². The van der Waals surface area contributed by atoms with E-state index in [4.69, 9.17) is 14.6 Å². The van der Waals surface area contributed by atoms with E-state index in [1.807, 2.05) is 6.07 Å². The highest BCUT2D eigenvalue weighted by Crippen LogP contribution is 2.38. The van der Waals surface area contributed by atoms with Crippen molar-refractivity contribution in [3.63, 3.8) is 0 Å². The van der Waals surface area contributed by atoms with Crippen LogP contribution in [0.15, 0.2) is 24.4 Å². The van der Waals surface area contributed by atoms with E-state index in [-0.39, 0.29) is 29.5 Å². The summed E-state index contributed by atoms with van der Waals surface area (Å²) >= 11 is 0. The first kappa shape index (κ1) is 18.9. The van der Waals surface area contributed by atoms with Gasteiger partial charge in [0.15, 0.2) is 0 Å². The molecule has 0 radical (unpaired) electrons. The average molecular weight is 381 g/mol. The Labute approximate surface area is 151 Å². The normalized spacial score (nSPS) is 17.5. The summed E-state index contributed by atoms with van der Waals surface area (Å²) in [7, 11) is 0. The van der Waals surface area contributed by atoms with Crippen LogP contribution in [0, 0.1) is 11.3 Å². The van der Waals surface area contributed by atoms with Crippen molar-refractivity contribution < 1.29 is 32.5 Å². The van der Waals surface area contributed by atoms with Crippen LogP contribution < -0.4 is 0 Å². The maximum absolute atomic E-state index is 13.4. The molecule has 1 N–H and O–H groups in total. The number of carboxylic acid groups (broad SMARTS) is 1. The Morgan fingerprint density at radius 3 is 2.78 bits per heavy atom. The summed E-state index contributed by atoms with van der Waals surface area (Å²) in [5.74, 6) is -1.48. The number of rotatable bonds is 4. The molecule has 0 bridgehead atoms. The maximum Gasteiger partial charge on any atom is 0.417 e. The predicted octanol–water partition coefficient (Wildman–Crippen LogP) is 2.55. The average Bonchev–Trinajstić information content (AvgIpc) is 3.04. The van der Waals surface area contributed by atoms with E-state index in [2.05, 4.69) is 5.10 Å². The Kier molecular flexibility index (Phi) is 5.16. The van der Waals surface area contributed by atoms with E-state index in [0.29, 0.717) is 25.9 Å². The van der Waals surface area contributed by atoms with Gasteiger partial charge in [-0.1, -0.05) is 6.07 Å². The number of halogens is 3. The van der Waals surface area contributed by atoms with Crippen molar-refractivity contribution in [1.82, 2.24) is 9.78 Å². The Hall–Kier alpha value is -2.90. The molecular weight excluding hydrogens is 367 g/mol. The molecule has 7 nitrogen and oxygen atoms in total. The molecule has 2 aromatic rings. The lowest BCUT2D eigenvalue weighted by Crippen LogP contribution is -2.32. The molecule has 2 heterocycles. The lowest BCUT2D eigenvalue weighted by Gasteiger charge is -2.22. The second kappa shape index (κ2) is 7.38. The van der Waals surface area contributed by atoms with Crippen molar-refractivity contribution in [2.45, 2.75) is 18.8 Å². The number of aromatic carboxylic acids is 1. The summed E-state index contributed by atoms with van der Waals surface area (Å²) in [6.45, 7) is 1.40. The molecule has 1 aromatic carbocycles. The molecule has 1 aliphatic rings. The predicted molar refractivity (Wildman–Crippen MR) is 84.9 cm³/mol. The smallest absolute Gasteiger partial charge is 0.417 e. The van der Waals surface area contributed by atoms with Gasteiger partial charge in [-0.25, -0.2) is 4.79 Å². The van der Waals surface area contributed by atoms with Gasteiger partial charge in [0.2, 0.25) is 0 Å². The number of nitriles is 1. The maximum atomic E-state index is 13.4.